The number of hydrogen-bond donors (Lipinski definition) is 1. The van der Waals surface area contributed by atoms with Crippen molar-refractivity contribution in [2.75, 3.05) is 18.0 Å². The monoisotopic (exact) mass is 336 g/mol. The molecule has 1 atom stereocenters. The second kappa shape index (κ2) is 7.97. The summed E-state index contributed by atoms with van der Waals surface area (Å²) >= 11 is 0. The number of nitrogens with one attached hydrogen (secondary N) is 1. The Labute approximate surface area is 148 Å². The lowest BCUT2D eigenvalue weighted by Crippen LogP contribution is -2.41. The number of benzene rings is 2. The zero-order chi connectivity index (χ0) is 17.6. The second-order valence-corrected chi connectivity index (χ2v) is 6.58. The number of nitrogens with zero attached hydrogens (tertiary/aromatic N) is 1. The molecule has 0 spiro atoms. The summed E-state index contributed by atoms with van der Waals surface area (Å²) in [6.45, 7) is 2.73. The SMILES string of the molecule is C[C@@H](CNC(=O)CN1C(=O)CCCc2ccccc21)c1ccccc1. The van der Waals surface area contributed by atoms with Crippen molar-refractivity contribution in [3.05, 3.63) is 65.7 Å². The van der Waals surface area contributed by atoms with Gasteiger partial charge in [0.15, 0.2) is 0 Å². The van der Waals surface area contributed by atoms with Crippen molar-refractivity contribution in [2.24, 2.45) is 0 Å². The van der Waals surface area contributed by atoms with Crippen LogP contribution >= 0.6 is 0 Å². The Bertz CT molecular complexity index is 743. The van der Waals surface area contributed by atoms with Crippen molar-refractivity contribution < 1.29 is 9.59 Å². The molecule has 0 saturated carbocycles. The summed E-state index contributed by atoms with van der Waals surface area (Å²) in [6.07, 6.45) is 2.20. The number of para-hydroxylation sites is 1. The van der Waals surface area contributed by atoms with Crippen LogP contribution in [0.1, 0.15) is 36.8 Å². The third kappa shape index (κ3) is 4.27. The molecule has 1 N–H and O–H groups in total. The fourth-order valence-corrected chi connectivity index (χ4v) is 3.22. The largest absolute Gasteiger partial charge is 0.354 e. The molecule has 0 saturated heterocycles. The molecule has 130 valence electrons. The highest BCUT2D eigenvalue weighted by Crippen LogP contribution is 2.26. The van der Waals surface area contributed by atoms with E-state index in [9.17, 15) is 9.59 Å². The first kappa shape index (κ1) is 17.2. The summed E-state index contributed by atoms with van der Waals surface area (Å²) in [7, 11) is 0. The van der Waals surface area contributed by atoms with Crippen LogP contribution in [0.25, 0.3) is 0 Å². The molecule has 2 aromatic rings. The molecule has 0 bridgehead atoms. The van der Waals surface area contributed by atoms with Gasteiger partial charge in [-0.15, -0.1) is 0 Å². The summed E-state index contributed by atoms with van der Waals surface area (Å²) < 4.78 is 0. The van der Waals surface area contributed by atoms with Gasteiger partial charge in [0.1, 0.15) is 6.54 Å². The van der Waals surface area contributed by atoms with Crippen LogP contribution in [0.2, 0.25) is 0 Å². The van der Waals surface area contributed by atoms with Gasteiger partial charge < -0.3 is 10.2 Å². The summed E-state index contributed by atoms with van der Waals surface area (Å²) in [5.74, 6) is 0.140. The van der Waals surface area contributed by atoms with Crippen LogP contribution in [0.15, 0.2) is 54.6 Å². The van der Waals surface area contributed by atoms with Crippen LogP contribution in [0.4, 0.5) is 5.69 Å². The highest BCUT2D eigenvalue weighted by atomic mass is 16.2. The molecule has 1 aliphatic heterocycles. The predicted octanol–water partition coefficient (Wildman–Crippen LogP) is 3.28. The molecule has 0 aliphatic carbocycles. The molecule has 2 aromatic carbocycles. The van der Waals surface area contributed by atoms with Crippen molar-refractivity contribution in [1.82, 2.24) is 5.32 Å². The minimum absolute atomic E-state index is 0.0243. The summed E-state index contributed by atoms with van der Waals surface area (Å²) in [4.78, 5) is 26.5. The van der Waals surface area contributed by atoms with Gasteiger partial charge in [-0.2, -0.15) is 0 Å². The van der Waals surface area contributed by atoms with Crippen molar-refractivity contribution in [2.45, 2.75) is 32.1 Å². The van der Waals surface area contributed by atoms with Gasteiger partial charge in [-0.25, -0.2) is 0 Å². The standard InChI is InChI=1S/C21H24N2O2/c1-16(17-8-3-2-4-9-17)14-22-20(24)15-23-19-12-6-5-10-18(19)11-7-13-21(23)25/h2-6,8-10,12,16H,7,11,13-15H2,1H3,(H,22,24)/t16-/m0/s1. The maximum Gasteiger partial charge on any atom is 0.240 e. The van der Waals surface area contributed by atoms with E-state index in [0.29, 0.717) is 13.0 Å². The van der Waals surface area contributed by atoms with Gasteiger partial charge in [0, 0.05) is 18.7 Å². The van der Waals surface area contributed by atoms with Crippen LogP contribution in [-0.2, 0) is 16.0 Å². The average molecular weight is 336 g/mol. The molecule has 0 aromatic heterocycles. The number of hydrogen-bond acceptors (Lipinski definition) is 2. The van der Waals surface area contributed by atoms with E-state index < -0.39 is 0 Å². The van der Waals surface area contributed by atoms with E-state index in [1.54, 1.807) is 4.90 Å². The van der Waals surface area contributed by atoms with Gasteiger partial charge >= 0.3 is 0 Å². The molecule has 3 rings (SSSR count). The number of fused-ring (bicyclic) bond motifs is 1. The summed E-state index contributed by atoms with van der Waals surface area (Å²) in [6, 6.07) is 18.0. The van der Waals surface area contributed by atoms with Crippen molar-refractivity contribution >= 4 is 17.5 Å². The first-order chi connectivity index (χ1) is 12.1. The molecule has 2 amide bonds. The van der Waals surface area contributed by atoms with Crippen molar-refractivity contribution in [1.29, 1.82) is 0 Å². The van der Waals surface area contributed by atoms with E-state index in [4.69, 9.17) is 0 Å². The van der Waals surface area contributed by atoms with Crippen LogP contribution < -0.4 is 10.2 Å². The van der Waals surface area contributed by atoms with Gasteiger partial charge in [0.25, 0.3) is 0 Å². The van der Waals surface area contributed by atoms with Crippen molar-refractivity contribution in [3.8, 4) is 0 Å². The topological polar surface area (TPSA) is 49.4 Å². The molecular weight excluding hydrogens is 312 g/mol. The lowest BCUT2D eigenvalue weighted by molar-refractivity contribution is -0.123. The van der Waals surface area contributed by atoms with Gasteiger partial charge in [-0.3, -0.25) is 9.59 Å². The number of rotatable bonds is 5. The molecule has 1 aliphatic rings. The van der Waals surface area contributed by atoms with Gasteiger partial charge in [0.2, 0.25) is 11.8 Å². The minimum Gasteiger partial charge on any atom is -0.354 e. The van der Waals surface area contributed by atoms with E-state index in [-0.39, 0.29) is 24.3 Å². The lowest BCUT2D eigenvalue weighted by Gasteiger charge is -2.23. The molecule has 25 heavy (non-hydrogen) atoms. The van der Waals surface area contributed by atoms with Gasteiger partial charge in [-0.1, -0.05) is 55.5 Å². The normalized spacial score (nSPS) is 15.2. The lowest BCUT2D eigenvalue weighted by atomic mass is 10.0. The second-order valence-electron chi connectivity index (χ2n) is 6.58. The van der Waals surface area contributed by atoms with Crippen LogP contribution in [0, 0.1) is 0 Å². The van der Waals surface area contributed by atoms with E-state index in [2.05, 4.69) is 24.4 Å². The van der Waals surface area contributed by atoms with Crippen LogP contribution in [0.5, 0.6) is 0 Å². The zero-order valence-corrected chi connectivity index (χ0v) is 14.6. The van der Waals surface area contributed by atoms with E-state index in [1.807, 2.05) is 42.5 Å². The van der Waals surface area contributed by atoms with Crippen LogP contribution in [-0.4, -0.2) is 24.9 Å². The number of anilines is 1. The van der Waals surface area contributed by atoms with Gasteiger partial charge in [-0.05, 0) is 36.0 Å². The number of aryl methyl sites for hydroxylation is 1. The van der Waals surface area contributed by atoms with E-state index in [0.717, 1.165) is 24.1 Å². The average Bonchev–Trinajstić information content (AvgIpc) is 2.80. The first-order valence-corrected chi connectivity index (χ1v) is 8.85. The Kier molecular flexibility index (Phi) is 5.49. The third-order valence-electron chi connectivity index (χ3n) is 4.70. The molecule has 4 heteroatoms. The zero-order valence-electron chi connectivity index (χ0n) is 14.6. The Morgan fingerprint density at radius 1 is 1.08 bits per heavy atom. The Morgan fingerprint density at radius 2 is 1.80 bits per heavy atom. The molecule has 1 heterocycles. The van der Waals surface area contributed by atoms with E-state index in [1.165, 1.54) is 5.56 Å². The molecule has 0 unspecified atom stereocenters. The Hall–Kier alpha value is -2.62. The molecule has 0 radical (unpaired) electrons. The fraction of sp³-hybridized carbons (Fsp3) is 0.333. The molecule has 4 nitrogen and oxygen atoms in total. The summed E-state index contributed by atoms with van der Waals surface area (Å²) in [5.41, 5.74) is 3.20. The maximum atomic E-state index is 12.4. The quantitative estimate of drug-likeness (QED) is 0.911. The number of carbonyl (C=O) groups excluding carboxylic acids is 2. The van der Waals surface area contributed by atoms with E-state index >= 15 is 0 Å². The smallest absolute Gasteiger partial charge is 0.240 e. The molecular formula is C21H24N2O2. The van der Waals surface area contributed by atoms with Crippen molar-refractivity contribution in [3.63, 3.8) is 0 Å². The molecule has 0 fully saturated rings. The first-order valence-electron chi connectivity index (χ1n) is 8.85. The number of carbonyl (C=O) groups is 2. The fourth-order valence-electron chi connectivity index (χ4n) is 3.22. The Morgan fingerprint density at radius 3 is 2.60 bits per heavy atom. The minimum atomic E-state index is -0.118. The third-order valence-corrected chi connectivity index (χ3v) is 4.70. The highest BCUT2D eigenvalue weighted by molar-refractivity contribution is 5.99. The maximum absolute atomic E-state index is 12.4. The van der Waals surface area contributed by atoms with Gasteiger partial charge in [0.05, 0.1) is 0 Å². The summed E-state index contributed by atoms with van der Waals surface area (Å²) in [5, 5.41) is 2.97. The highest BCUT2D eigenvalue weighted by Gasteiger charge is 2.24. The Balaban J connectivity index is 1.63. The predicted molar refractivity (Wildman–Crippen MR) is 99.6 cm³/mol. The van der Waals surface area contributed by atoms with Crippen LogP contribution in [0.3, 0.4) is 0 Å². The number of amides is 2.